The highest BCUT2D eigenvalue weighted by Gasteiger charge is 2.18. The van der Waals surface area contributed by atoms with Crippen LogP contribution in [0.5, 0.6) is 0 Å². The van der Waals surface area contributed by atoms with E-state index in [1.807, 2.05) is 36.4 Å². The molecule has 6 nitrogen and oxygen atoms in total. The topological polar surface area (TPSA) is 83.6 Å². The van der Waals surface area contributed by atoms with Gasteiger partial charge >= 0.3 is 0 Å². The zero-order valence-corrected chi connectivity index (χ0v) is 17.3. The standard InChI is InChI=1S/C20H16ClF2N5OS/c1-12-7-16(18(22)23)25-20(14(12)8-24)30-11-17(29)26-19-15(21)10-28(27-19)9-13-5-3-2-4-6-13/h2-7,10,18H,9,11H2,1H3,(H,26,27,29). The van der Waals surface area contributed by atoms with Crippen LogP contribution in [0.25, 0.3) is 0 Å². The first-order valence-electron chi connectivity index (χ1n) is 8.76. The van der Waals surface area contributed by atoms with Gasteiger partial charge in [0, 0.05) is 6.20 Å². The van der Waals surface area contributed by atoms with Gasteiger partial charge in [0.2, 0.25) is 5.91 Å². The van der Waals surface area contributed by atoms with Crippen LogP contribution in [0.3, 0.4) is 0 Å². The maximum atomic E-state index is 13.0. The summed E-state index contributed by atoms with van der Waals surface area (Å²) in [5, 5.41) is 16.5. The Kier molecular flexibility index (Phi) is 7.03. The van der Waals surface area contributed by atoms with Crippen molar-refractivity contribution in [3.8, 4) is 6.07 Å². The summed E-state index contributed by atoms with van der Waals surface area (Å²) in [6.07, 6.45) is -1.17. The number of aryl methyl sites for hydroxylation is 1. The number of nitrogens with zero attached hydrogens (tertiary/aromatic N) is 4. The van der Waals surface area contributed by atoms with Gasteiger partial charge in [-0.2, -0.15) is 10.4 Å². The summed E-state index contributed by atoms with van der Waals surface area (Å²) in [6.45, 7) is 2.04. The van der Waals surface area contributed by atoms with Gasteiger partial charge in [0.25, 0.3) is 6.43 Å². The highest BCUT2D eigenvalue weighted by Crippen LogP contribution is 2.28. The number of aromatic nitrogens is 3. The molecule has 0 spiro atoms. The smallest absolute Gasteiger partial charge is 0.280 e. The molecule has 0 aliphatic carbocycles. The minimum absolute atomic E-state index is 0.0867. The highest BCUT2D eigenvalue weighted by atomic mass is 35.5. The van der Waals surface area contributed by atoms with Crippen LogP contribution in [-0.2, 0) is 11.3 Å². The lowest BCUT2D eigenvalue weighted by Gasteiger charge is -2.09. The molecule has 2 heterocycles. The SMILES string of the molecule is Cc1cc(C(F)F)nc(SCC(=O)Nc2nn(Cc3ccccc3)cc2Cl)c1C#N. The molecule has 0 atom stereocenters. The fourth-order valence-corrected chi connectivity index (χ4v) is 3.71. The molecule has 0 saturated heterocycles. The van der Waals surface area contributed by atoms with E-state index in [1.165, 1.54) is 6.07 Å². The molecule has 3 aromatic rings. The maximum absolute atomic E-state index is 13.0. The third-order valence-corrected chi connectivity index (χ3v) is 5.29. The number of thioether (sulfide) groups is 1. The minimum atomic E-state index is -2.77. The normalized spacial score (nSPS) is 10.8. The number of pyridine rings is 1. The van der Waals surface area contributed by atoms with Gasteiger partial charge in [0.15, 0.2) is 5.82 Å². The van der Waals surface area contributed by atoms with Crippen LogP contribution in [0.2, 0.25) is 5.02 Å². The lowest BCUT2D eigenvalue weighted by molar-refractivity contribution is -0.113. The van der Waals surface area contributed by atoms with Gasteiger partial charge in [-0.1, -0.05) is 53.7 Å². The Morgan fingerprint density at radius 1 is 1.37 bits per heavy atom. The number of carbonyl (C=O) groups excluding carboxylic acids is 1. The molecule has 1 aromatic carbocycles. The molecule has 0 aliphatic rings. The highest BCUT2D eigenvalue weighted by molar-refractivity contribution is 8.00. The summed E-state index contributed by atoms with van der Waals surface area (Å²) in [5.74, 6) is -0.391. The molecular formula is C20H16ClF2N5OS. The molecule has 10 heteroatoms. The van der Waals surface area contributed by atoms with E-state index in [0.717, 1.165) is 17.3 Å². The first kappa shape index (κ1) is 21.7. The van der Waals surface area contributed by atoms with Gasteiger partial charge in [0.05, 0.1) is 17.9 Å². The fourth-order valence-electron chi connectivity index (χ4n) is 2.66. The molecule has 0 bridgehead atoms. The molecule has 0 radical (unpaired) electrons. The molecule has 0 fully saturated rings. The number of halogens is 3. The number of benzene rings is 1. The van der Waals surface area contributed by atoms with Crippen LogP contribution in [0.15, 0.2) is 47.6 Å². The molecule has 154 valence electrons. The van der Waals surface area contributed by atoms with Gasteiger partial charge in [-0.3, -0.25) is 9.48 Å². The van der Waals surface area contributed by atoms with Crippen molar-refractivity contribution in [1.29, 1.82) is 5.26 Å². The molecule has 30 heavy (non-hydrogen) atoms. The minimum Gasteiger partial charge on any atom is -0.307 e. The van der Waals surface area contributed by atoms with Crippen molar-refractivity contribution in [2.45, 2.75) is 24.9 Å². The van der Waals surface area contributed by atoms with Crippen LogP contribution in [-0.4, -0.2) is 26.4 Å². The molecule has 0 unspecified atom stereocenters. The molecule has 1 amide bonds. The molecule has 3 rings (SSSR count). The Hall–Kier alpha value is -2.96. The summed E-state index contributed by atoms with van der Waals surface area (Å²) in [7, 11) is 0. The number of nitrogens with one attached hydrogen (secondary N) is 1. The van der Waals surface area contributed by atoms with Crippen LogP contribution in [0, 0.1) is 18.3 Å². The maximum Gasteiger partial charge on any atom is 0.280 e. The number of alkyl halides is 2. The Balaban J connectivity index is 1.66. The Labute approximate surface area is 180 Å². The van der Waals surface area contributed by atoms with E-state index in [4.69, 9.17) is 11.6 Å². The molecule has 0 aliphatic heterocycles. The number of nitriles is 1. The van der Waals surface area contributed by atoms with Crippen molar-refractivity contribution >= 4 is 35.1 Å². The van der Waals surface area contributed by atoms with Gasteiger partial charge in [-0.05, 0) is 24.1 Å². The summed E-state index contributed by atoms with van der Waals surface area (Å²) in [5.41, 5.74) is 1.14. The first-order valence-corrected chi connectivity index (χ1v) is 10.1. The van der Waals surface area contributed by atoms with E-state index in [9.17, 15) is 18.8 Å². The van der Waals surface area contributed by atoms with E-state index < -0.39 is 18.0 Å². The summed E-state index contributed by atoms with van der Waals surface area (Å²) < 4.78 is 27.6. The quantitative estimate of drug-likeness (QED) is 0.524. The molecule has 2 aromatic heterocycles. The number of hydrogen-bond acceptors (Lipinski definition) is 5. The zero-order chi connectivity index (χ0) is 21.7. The number of anilines is 1. The number of hydrogen-bond donors (Lipinski definition) is 1. The zero-order valence-electron chi connectivity index (χ0n) is 15.8. The van der Waals surface area contributed by atoms with E-state index >= 15 is 0 Å². The number of carbonyl (C=O) groups is 1. The predicted octanol–water partition coefficient (Wildman–Crippen LogP) is 4.83. The van der Waals surface area contributed by atoms with Gasteiger partial charge < -0.3 is 5.32 Å². The molecule has 0 saturated carbocycles. The van der Waals surface area contributed by atoms with Crippen molar-refractivity contribution in [3.05, 3.63) is 70.0 Å². The van der Waals surface area contributed by atoms with Gasteiger partial charge in [-0.15, -0.1) is 0 Å². The third kappa shape index (κ3) is 5.34. The fraction of sp³-hybridized carbons (Fsp3) is 0.200. The number of amides is 1. The Morgan fingerprint density at radius 3 is 2.77 bits per heavy atom. The van der Waals surface area contributed by atoms with Crippen molar-refractivity contribution in [2.24, 2.45) is 0 Å². The lowest BCUT2D eigenvalue weighted by Crippen LogP contribution is -2.15. The average Bonchev–Trinajstić information content (AvgIpc) is 3.05. The molecular weight excluding hydrogens is 432 g/mol. The first-order chi connectivity index (χ1) is 14.4. The predicted molar refractivity (Wildman–Crippen MR) is 111 cm³/mol. The Morgan fingerprint density at radius 2 is 2.10 bits per heavy atom. The van der Waals surface area contributed by atoms with Crippen LogP contribution < -0.4 is 5.32 Å². The average molecular weight is 448 g/mol. The monoisotopic (exact) mass is 447 g/mol. The van der Waals surface area contributed by atoms with Crippen LogP contribution in [0.4, 0.5) is 14.6 Å². The third-order valence-electron chi connectivity index (χ3n) is 4.04. The van der Waals surface area contributed by atoms with E-state index in [-0.39, 0.29) is 27.2 Å². The van der Waals surface area contributed by atoms with Gasteiger partial charge in [-0.25, -0.2) is 13.8 Å². The van der Waals surface area contributed by atoms with E-state index in [0.29, 0.717) is 12.1 Å². The summed E-state index contributed by atoms with van der Waals surface area (Å²) in [4.78, 5) is 16.1. The summed E-state index contributed by atoms with van der Waals surface area (Å²) in [6, 6.07) is 12.7. The van der Waals surface area contributed by atoms with Gasteiger partial charge in [0.1, 0.15) is 21.8 Å². The second-order valence-electron chi connectivity index (χ2n) is 6.30. The Bertz CT molecular complexity index is 1100. The van der Waals surface area contributed by atoms with E-state index in [1.54, 1.807) is 17.8 Å². The summed E-state index contributed by atoms with van der Waals surface area (Å²) >= 11 is 7.06. The van der Waals surface area contributed by atoms with Crippen molar-refractivity contribution < 1.29 is 13.6 Å². The van der Waals surface area contributed by atoms with Crippen molar-refractivity contribution in [2.75, 3.05) is 11.1 Å². The van der Waals surface area contributed by atoms with Crippen LogP contribution in [0.1, 0.15) is 28.8 Å². The number of rotatable bonds is 7. The largest absolute Gasteiger partial charge is 0.307 e. The van der Waals surface area contributed by atoms with Crippen molar-refractivity contribution in [3.63, 3.8) is 0 Å². The van der Waals surface area contributed by atoms with Crippen LogP contribution >= 0.6 is 23.4 Å². The second-order valence-corrected chi connectivity index (χ2v) is 7.67. The second kappa shape index (κ2) is 9.69. The van der Waals surface area contributed by atoms with Crippen molar-refractivity contribution in [1.82, 2.24) is 14.8 Å². The van der Waals surface area contributed by atoms with E-state index in [2.05, 4.69) is 15.4 Å². The molecule has 1 N–H and O–H groups in total. The lowest BCUT2D eigenvalue weighted by atomic mass is 10.1.